The number of aromatic nitrogens is 1. The number of nitrogens with zero attached hydrogens (tertiary/aromatic N) is 1. The Kier molecular flexibility index (Phi) is 3.83. The van der Waals surface area contributed by atoms with Gasteiger partial charge in [-0.2, -0.15) is 11.8 Å². The molecule has 0 aromatic carbocycles. The number of rotatable bonds is 4. The van der Waals surface area contributed by atoms with E-state index in [1.54, 1.807) is 0 Å². The van der Waals surface area contributed by atoms with Crippen LogP contribution in [0.1, 0.15) is 18.5 Å². The lowest BCUT2D eigenvalue weighted by molar-refractivity contribution is 0.638. The van der Waals surface area contributed by atoms with Crippen LogP contribution in [0.3, 0.4) is 0 Å². The van der Waals surface area contributed by atoms with Crippen molar-refractivity contribution in [2.24, 2.45) is 0 Å². The fourth-order valence-electron chi connectivity index (χ4n) is 1.67. The van der Waals surface area contributed by atoms with Crippen LogP contribution in [0.25, 0.3) is 0 Å². The van der Waals surface area contributed by atoms with Crippen molar-refractivity contribution < 1.29 is 0 Å². The Hall–Kier alpha value is -0.540. The first kappa shape index (κ1) is 9.99. The van der Waals surface area contributed by atoms with Crippen LogP contribution in [0, 0.1) is 0 Å². The minimum atomic E-state index is 0.832. The van der Waals surface area contributed by atoms with E-state index in [-0.39, 0.29) is 0 Å². The predicted octanol–water partition coefficient (Wildman–Crippen LogP) is 2.07. The maximum atomic E-state index is 4.27. The van der Waals surface area contributed by atoms with E-state index in [0.29, 0.717) is 0 Å². The lowest BCUT2D eigenvalue weighted by Crippen LogP contribution is -2.22. The van der Waals surface area contributed by atoms with Crippen molar-refractivity contribution >= 4 is 11.8 Å². The summed E-state index contributed by atoms with van der Waals surface area (Å²) in [6, 6.07) is 6.06. The van der Waals surface area contributed by atoms with Gasteiger partial charge in [0.2, 0.25) is 0 Å². The quantitative estimate of drug-likeness (QED) is 0.820. The molecule has 1 N–H and O–H groups in total. The molecule has 1 fully saturated rings. The van der Waals surface area contributed by atoms with E-state index < -0.39 is 0 Å². The molecule has 2 nitrogen and oxygen atoms in total. The molecular formula is C11H16N2S. The molecule has 0 amide bonds. The predicted molar refractivity (Wildman–Crippen MR) is 61.4 cm³/mol. The van der Waals surface area contributed by atoms with Crippen molar-refractivity contribution in [3.63, 3.8) is 0 Å². The number of pyridine rings is 1. The number of hydrogen-bond acceptors (Lipinski definition) is 3. The maximum absolute atomic E-state index is 4.27. The molecule has 2 rings (SSSR count). The van der Waals surface area contributed by atoms with Crippen molar-refractivity contribution in [3.8, 4) is 0 Å². The monoisotopic (exact) mass is 208 g/mol. The van der Waals surface area contributed by atoms with Crippen molar-refractivity contribution in [3.05, 3.63) is 30.1 Å². The van der Waals surface area contributed by atoms with Gasteiger partial charge in [-0.3, -0.25) is 4.98 Å². The minimum Gasteiger partial charge on any atom is -0.310 e. The highest BCUT2D eigenvalue weighted by Crippen LogP contribution is 2.25. The van der Waals surface area contributed by atoms with Crippen LogP contribution in [0.15, 0.2) is 24.4 Å². The third kappa shape index (κ3) is 3.00. The molecule has 0 bridgehead atoms. The summed E-state index contributed by atoms with van der Waals surface area (Å²) in [6.45, 7) is 2.03. The van der Waals surface area contributed by atoms with Crippen LogP contribution in [-0.4, -0.2) is 22.5 Å². The molecule has 1 aliphatic rings. The molecule has 1 unspecified atom stereocenters. The zero-order valence-corrected chi connectivity index (χ0v) is 9.09. The third-order valence-electron chi connectivity index (χ3n) is 2.43. The Morgan fingerprint density at radius 2 is 2.50 bits per heavy atom. The van der Waals surface area contributed by atoms with E-state index in [0.717, 1.165) is 24.0 Å². The summed E-state index contributed by atoms with van der Waals surface area (Å²) in [7, 11) is 0. The molecule has 0 saturated carbocycles. The van der Waals surface area contributed by atoms with Gasteiger partial charge in [0.1, 0.15) is 0 Å². The highest BCUT2D eigenvalue weighted by molar-refractivity contribution is 8.00. The van der Waals surface area contributed by atoms with Crippen LogP contribution in [0.4, 0.5) is 0 Å². The van der Waals surface area contributed by atoms with Gasteiger partial charge in [0.15, 0.2) is 0 Å². The Bertz CT molecular complexity index is 257. The van der Waals surface area contributed by atoms with Gasteiger partial charge in [0.25, 0.3) is 0 Å². The fourth-order valence-corrected chi connectivity index (χ4v) is 2.90. The Morgan fingerprint density at radius 1 is 1.50 bits per heavy atom. The van der Waals surface area contributed by atoms with Crippen LogP contribution < -0.4 is 5.32 Å². The smallest absolute Gasteiger partial charge is 0.0541 e. The highest BCUT2D eigenvalue weighted by atomic mass is 32.2. The van der Waals surface area contributed by atoms with Crippen molar-refractivity contribution in [2.75, 3.05) is 12.3 Å². The summed E-state index contributed by atoms with van der Waals surface area (Å²) < 4.78 is 0. The summed E-state index contributed by atoms with van der Waals surface area (Å²) in [5.74, 6) is 1.34. The Morgan fingerprint density at radius 3 is 3.21 bits per heavy atom. The van der Waals surface area contributed by atoms with Gasteiger partial charge >= 0.3 is 0 Å². The lowest BCUT2D eigenvalue weighted by atomic mass is 10.2. The van der Waals surface area contributed by atoms with Crippen LogP contribution >= 0.6 is 11.8 Å². The molecular weight excluding hydrogens is 192 g/mol. The zero-order chi connectivity index (χ0) is 9.64. The van der Waals surface area contributed by atoms with E-state index in [1.165, 1.54) is 18.6 Å². The molecule has 76 valence electrons. The summed E-state index contributed by atoms with van der Waals surface area (Å²) in [5.41, 5.74) is 1.13. The molecule has 1 aromatic heterocycles. The van der Waals surface area contributed by atoms with E-state index in [9.17, 15) is 0 Å². The third-order valence-corrected chi connectivity index (χ3v) is 3.83. The van der Waals surface area contributed by atoms with Crippen LogP contribution in [0.2, 0.25) is 0 Å². The van der Waals surface area contributed by atoms with Gasteiger partial charge < -0.3 is 5.32 Å². The van der Waals surface area contributed by atoms with Gasteiger partial charge in [-0.25, -0.2) is 0 Å². The second kappa shape index (κ2) is 5.37. The average Bonchev–Trinajstić information content (AvgIpc) is 2.72. The molecule has 2 heterocycles. The van der Waals surface area contributed by atoms with E-state index in [1.807, 2.05) is 18.3 Å². The first-order valence-electron chi connectivity index (χ1n) is 5.17. The second-order valence-corrected chi connectivity index (χ2v) is 5.00. The highest BCUT2D eigenvalue weighted by Gasteiger charge is 2.14. The molecule has 1 atom stereocenters. The molecule has 3 heteroatoms. The first-order chi connectivity index (χ1) is 6.95. The van der Waals surface area contributed by atoms with Gasteiger partial charge in [-0.1, -0.05) is 6.07 Å². The van der Waals surface area contributed by atoms with Crippen LogP contribution in [-0.2, 0) is 6.54 Å². The number of nitrogens with one attached hydrogen (secondary N) is 1. The summed E-state index contributed by atoms with van der Waals surface area (Å²) in [5, 5.41) is 4.29. The average molecular weight is 208 g/mol. The SMILES string of the molecule is c1ccc(CNCC2CCCS2)nc1. The fraction of sp³-hybridized carbons (Fsp3) is 0.545. The summed E-state index contributed by atoms with van der Waals surface area (Å²) >= 11 is 2.09. The number of thioether (sulfide) groups is 1. The van der Waals surface area contributed by atoms with Crippen LogP contribution in [0.5, 0.6) is 0 Å². The van der Waals surface area contributed by atoms with Crippen molar-refractivity contribution in [1.29, 1.82) is 0 Å². The molecule has 1 aromatic rings. The normalized spacial score (nSPS) is 21.3. The van der Waals surface area contributed by atoms with E-state index >= 15 is 0 Å². The topological polar surface area (TPSA) is 24.9 Å². The minimum absolute atomic E-state index is 0.832. The molecule has 0 spiro atoms. The zero-order valence-electron chi connectivity index (χ0n) is 8.28. The van der Waals surface area contributed by atoms with Gasteiger partial charge in [0.05, 0.1) is 5.69 Å². The van der Waals surface area contributed by atoms with E-state index in [4.69, 9.17) is 0 Å². The van der Waals surface area contributed by atoms with Crippen molar-refractivity contribution in [2.45, 2.75) is 24.6 Å². The Balaban J connectivity index is 1.67. The molecule has 1 saturated heterocycles. The molecule has 0 aliphatic carbocycles. The Labute approximate surface area is 89.5 Å². The van der Waals surface area contributed by atoms with Gasteiger partial charge in [0, 0.05) is 24.5 Å². The lowest BCUT2D eigenvalue weighted by Gasteiger charge is -2.09. The molecule has 0 radical (unpaired) electrons. The van der Waals surface area contributed by atoms with E-state index in [2.05, 4.69) is 28.1 Å². The van der Waals surface area contributed by atoms with Gasteiger partial charge in [-0.05, 0) is 30.7 Å². The maximum Gasteiger partial charge on any atom is 0.0541 e. The van der Waals surface area contributed by atoms with Gasteiger partial charge in [-0.15, -0.1) is 0 Å². The first-order valence-corrected chi connectivity index (χ1v) is 6.22. The second-order valence-electron chi connectivity index (χ2n) is 3.59. The van der Waals surface area contributed by atoms with Crippen molar-refractivity contribution in [1.82, 2.24) is 10.3 Å². The standard InChI is InChI=1S/C11H16N2S/c1-2-6-13-10(4-1)8-12-9-11-5-3-7-14-11/h1-2,4,6,11-12H,3,5,7-9H2. The molecule has 1 aliphatic heterocycles. The largest absolute Gasteiger partial charge is 0.310 e. The summed E-state index contributed by atoms with van der Waals surface area (Å²) in [6.07, 6.45) is 4.61. The molecule has 14 heavy (non-hydrogen) atoms. The summed E-state index contributed by atoms with van der Waals surface area (Å²) in [4.78, 5) is 4.27. The number of hydrogen-bond donors (Lipinski definition) is 1.